The number of esters is 3. The molecular formula is C66H109O11P. The van der Waals surface area contributed by atoms with Gasteiger partial charge in [-0.05, 0) is 83.5 Å². The van der Waals surface area contributed by atoms with Gasteiger partial charge in [0.05, 0.1) is 19.8 Å². The van der Waals surface area contributed by atoms with Crippen LogP contribution < -0.4 is 0 Å². The molecule has 0 saturated heterocycles. The number of phosphoric ester groups is 1. The summed E-state index contributed by atoms with van der Waals surface area (Å²) in [6.45, 7) is 4.26. The number of allylic oxidation sites excluding steroid dienone is 20. The fraction of sp³-hybridized carbons (Fsp3) is 0.652. The Labute approximate surface area is 475 Å². The quantitative estimate of drug-likeness (QED) is 0.0197. The number of carbonyl (C=O) groups excluding carboxylic acids is 3. The number of ether oxygens (including phenoxy) is 3. The molecule has 0 fully saturated rings. The maximum absolute atomic E-state index is 12.9. The summed E-state index contributed by atoms with van der Waals surface area (Å²) in [6, 6.07) is 0. The number of hydrogen-bond donors (Lipinski definition) is 2. The van der Waals surface area contributed by atoms with Crippen molar-refractivity contribution in [3.63, 3.8) is 0 Å². The second kappa shape index (κ2) is 59.0. The first-order valence-corrected chi connectivity index (χ1v) is 31.9. The lowest BCUT2D eigenvalue weighted by Crippen LogP contribution is -2.30. The molecule has 3 atom stereocenters. The van der Waals surface area contributed by atoms with Crippen molar-refractivity contribution in [1.29, 1.82) is 0 Å². The van der Waals surface area contributed by atoms with Crippen molar-refractivity contribution >= 4 is 25.7 Å². The van der Waals surface area contributed by atoms with Gasteiger partial charge in [0.1, 0.15) is 12.7 Å². The largest absolute Gasteiger partial charge is 0.472 e. The maximum atomic E-state index is 12.9. The molecule has 444 valence electrons. The Hall–Kier alpha value is -4.12. The Kier molecular flexibility index (Phi) is 55.9. The van der Waals surface area contributed by atoms with Crippen LogP contribution in [0.3, 0.4) is 0 Å². The van der Waals surface area contributed by atoms with Gasteiger partial charge in [-0.1, -0.05) is 258 Å². The van der Waals surface area contributed by atoms with Crippen LogP contribution >= 0.6 is 7.82 Å². The number of rotatable bonds is 55. The minimum atomic E-state index is -4.79. The van der Waals surface area contributed by atoms with E-state index in [4.69, 9.17) is 23.3 Å². The summed E-state index contributed by atoms with van der Waals surface area (Å²) in [5.41, 5.74) is 0. The van der Waals surface area contributed by atoms with E-state index in [2.05, 4.69) is 118 Å². The first kappa shape index (κ1) is 73.9. The van der Waals surface area contributed by atoms with Gasteiger partial charge < -0.3 is 24.2 Å². The van der Waals surface area contributed by atoms with E-state index in [0.29, 0.717) is 25.7 Å². The van der Waals surface area contributed by atoms with Crippen LogP contribution in [0.1, 0.15) is 239 Å². The molecule has 0 saturated carbocycles. The lowest BCUT2D eigenvalue weighted by atomic mass is 10.0. The lowest BCUT2D eigenvalue weighted by Gasteiger charge is -2.21. The van der Waals surface area contributed by atoms with E-state index in [-0.39, 0.29) is 19.3 Å². The number of aliphatic hydroxyl groups excluding tert-OH is 1. The molecule has 0 rings (SSSR count). The predicted molar refractivity (Wildman–Crippen MR) is 325 cm³/mol. The van der Waals surface area contributed by atoms with Crippen molar-refractivity contribution in [3.8, 4) is 0 Å². The highest BCUT2D eigenvalue weighted by Crippen LogP contribution is 2.43. The fourth-order valence-corrected chi connectivity index (χ4v) is 8.65. The van der Waals surface area contributed by atoms with Crippen LogP contribution in [0, 0.1) is 0 Å². The van der Waals surface area contributed by atoms with Crippen LogP contribution in [0.15, 0.2) is 122 Å². The van der Waals surface area contributed by atoms with Crippen LogP contribution in [-0.4, -0.2) is 66.5 Å². The fourth-order valence-electron chi connectivity index (χ4n) is 7.87. The third-order valence-electron chi connectivity index (χ3n) is 12.4. The maximum Gasteiger partial charge on any atom is 0.472 e. The van der Waals surface area contributed by atoms with E-state index in [1.165, 1.54) is 96.3 Å². The molecule has 3 unspecified atom stereocenters. The van der Waals surface area contributed by atoms with Gasteiger partial charge in [-0.15, -0.1) is 0 Å². The smallest absolute Gasteiger partial charge is 0.462 e. The standard InChI is InChI=1S/C66H109O11P/c1-4-7-10-13-16-19-22-25-27-29-31-33-35-38-41-44-47-50-53-56-65(69)76-62(58-67)60-74-78(71,72)75-61-63(59-73-64(68)55-52-49-46-43-40-37-24-21-18-15-12-9-6-3)77-66(70)57-54-51-48-45-42-39-36-34-32-30-28-26-23-20-17-14-11-8-5-2/h8-9,11-12,17-18,20-21,26,28,32,34,37,39-40,42,46,48-49,51,62-63,67H,4-7,10,13-16,19,22-25,27,29-31,33,35-36,38,41,43-45,47,50,52-61H2,1-3H3,(H,71,72)/b11-8-,12-9-,20-17-,21-18-,28-26-,34-32-,40-37-,42-39-,49-46-,51-48-. The van der Waals surface area contributed by atoms with E-state index in [9.17, 15) is 28.9 Å². The van der Waals surface area contributed by atoms with Gasteiger partial charge >= 0.3 is 25.7 Å². The molecule has 0 aromatic heterocycles. The summed E-state index contributed by atoms with van der Waals surface area (Å²) in [4.78, 5) is 48.5. The highest BCUT2D eigenvalue weighted by molar-refractivity contribution is 7.47. The van der Waals surface area contributed by atoms with E-state index in [1.54, 1.807) is 0 Å². The average Bonchev–Trinajstić information content (AvgIpc) is 3.43. The van der Waals surface area contributed by atoms with Gasteiger partial charge in [0.25, 0.3) is 0 Å². The number of carbonyl (C=O) groups is 3. The summed E-state index contributed by atoms with van der Waals surface area (Å²) in [7, 11) is -4.79. The van der Waals surface area contributed by atoms with Gasteiger partial charge in [-0.3, -0.25) is 23.4 Å². The second-order valence-electron chi connectivity index (χ2n) is 19.8. The second-order valence-corrected chi connectivity index (χ2v) is 21.2. The van der Waals surface area contributed by atoms with Crippen LogP contribution in [0.5, 0.6) is 0 Å². The molecule has 0 aromatic rings. The molecular weight excluding hydrogens is 1000 g/mol. The molecule has 78 heavy (non-hydrogen) atoms. The van der Waals surface area contributed by atoms with Crippen molar-refractivity contribution < 1.29 is 52.2 Å². The van der Waals surface area contributed by atoms with Gasteiger partial charge in [0, 0.05) is 19.3 Å². The third-order valence-corrected chi connectivity index (χ3v) is 13.4. The van der Waals surface area contributed by atoms with E-state index < -0.39 is 64.4 Å². The molecule has 2 N–H and O–H groups in total. The minimum Gasteiger partial charge on any atom is -0.462 e. The van der Waals surface area contributed by atoms with Crippen molar-refractivity contribution in [2.45, 2.75) is 251 Å². The molecule has 0 heterocycles. The molecule has 0 aliphatic rings. The number of hydrogen-bond acceptors (Lipinski definition) is 10. The van der Waals surface area contributed by atoms with Gasteiger partial charge in [-0.2, -0.15) is 0 Å². The van der Waals surface area contributed by atoms with Crippen molar-refractivity contribution in [2.75, 3.05) is 26.4 Å². The van der Waals surface area contributed by atoms with Crippen molar-refractivity contribution in [3.05, 3.63) is 122 Å². The number of unbranched alkanes of at least 4 members (excludes halogenated alkanes) is 18. The van der Waals surface area contributed by atoms with Crippen LogP contribution in [0.25, 0.3) is 0 Å². The van der Waals surface area contributed by atoms with Crippen molar-refractivity contribution in [2.24, 2.45) is 0 Å². The van der Waals surface area contributed by atoms with Crippen LogP contribution in [-0.2, 0) is 42.2 Å². The molecule has 0 aromatic carbocycles. The van der Waals surface area contributed by atoms with Gasteiger partial charge in [-0.25, -0.2) is 4.57 Å². The minimum absolute atomic E-state index is 0.0226. The Morgan fingerprint density at radius 2 is 0.667 bits per heavy atom. The molecule has 0 bridgehead atoms. The Balaban J connectivity index is 4.81. The average molecular weight is 1110 g/mol. The summed E-state index contributed by atoms with van der Waals surface area (Å²) >= 11 is 0. The Bertz CT molecular complexity index is 1770. The summed E-state index contributed by atoms with van der Waals surface area (Å²) in [6.07, 6.45) is 73.4. The zero-order chi connectivity index (χ0) is 56.9. The van der Waals surface area contributed by atoms with Gasteiger partial charge in [0.15, 0.2) is 6.10 Å². The highest BCUT2D eigenvalue weighted by Gasteiger charge is 2.28. The van der Waals surface area contributed by atoms with E-state index >= 15 is 0 Å². The molecule has 0 spiro atoms. The first-order chi connectivity index (χ1) is 38.2. The predicted octanol–water partition coefficient (Wildman–Crippen LogP) is 18.4. The first-order valence-electron chi connectivity index (χ1n) is 30.4. The zero-order valence-electron chi connectivity index (χ0n) is 49.1. The van der Waals surface area contributed by atoms with Crippen molar-refractivity contribution in [1.82, 2.24) is 0 Å². The number of aliphatic hydroxyl groups is 1. The number of phosphoric acid groups is 1. The Morgan fingerprint density at radius 3 is 1.03 bits per heavy atom. The third kappa shape index (κ3) is 56.6. The van der Waals surface area contributed by atoms with Crippen LogP contribution in [0.2, 0.25) is 0 Å². The zero-order valence-corrected chi connectivity index (χ0v) is 50.0. The molecule has 11 nitrogen and oxygen atoms in total. The lowest BCUT2D eigenvalue weighted by molar-refractivity contribution is -0.161. The molecule has 0 aliphatic heterocycles. The van der Waals surface area contributed by atoms with E-state index in [1.807, 2.05) is 24.3 Å². The van der Waals surface area contributed by atoms with Crippen LogP contribution in [0.4, 0.5) is 0 Å². The van der Waals surface area contributed by atoms with E-state index in [0.717, 1.165) is 77.0 Å². The topological polar surface area (TPSA) is 155 Å². The molecule has 0 radical (unpaired) electrons. The normalized spacial score (nSPS) is 14.2. The SMILES string of the molecule is CC/C=C\C/C=C\C/C=C\C/C=C\C/C=C\C/C=C\CCC(=O)OC(COC(=O)CC/C=C\C/C=C\C/C=C\C/C=C\CC)COP(=O)(O)OCC(CO)OC(=O)CCCCCCCCCCCCCCCCCCCCC. The monoisotopic (exact) mass is 1110 g/mol. The Morgan fingerprint density at radius 1 is 0.372 bits per heavy atom. The summed E-state index contributed by atoms with van der Waals surface area (Å²) in [5, 5.41) is 9.84. The molecule has 0 aliphatic carbocycles. The highest BCUT2D eigenvalue weighted by atomic mass is 31.2. The summed E-state index contributed by atoms with van der Waals surface area (Å²) in [5.74, 6) is -1.67. The molecule has 12 heteroatoms. The summed E-state index contributed by atoms with van der Waals surface area (Å²) < 4.78 is 39.4. The molecule has 0 amide bonds. The van der Waals surface area contributed by atoms with Gasteiger partial charge in [0.2, 0.25) is 0 Å².